The summed E-state index contributed by atoms with van der Waals surface area (Å²) in [6.07, 6.45) is 7.41. The third kappa shape index (κ3) is 4.44. The number of methoxy groups -OCH3 is 1. The van der Waals surface area contributed by atoms with Gasteiger partial charge in [0, 0.05) is 25.0 Å². The largest absolute Gasteiger partial charge is 0.465 e. The third-order valence-corrected chi connectivity index (χ3v) is 6.51. The van der Waals surface area contributed by atoms with Gasteiger partial charge < -0.3 is 15.0 Å². The molecule has 3 rings (SSSR count). The lowest BCUT2D eigenvalue weighted by molar-refractivity contribution is -0.126. The van der Waals surface area contributed by atoms with Crippen LogP contribution in [0.25, 0.3) is 0 Å². The predicted octanol–water partition coefficient (Wildman–Crippen LogP) is 3.25. The van der Waals surface area contributed by atoms with Gasteiger partial charge in [-0.15, -0.1) is 0 Å². The smallest absolute Gasteiger partial charge is 0.351 e. The average molecular weight is 386 g/mol. The van der Waals surface area contributed by atoms with Crippen molar-refractivity contribution in [3.8, 4) is 0 Å². The Morgan fingerprint density at radius 2 is 1.88 bits per heavy atom. The van der Waals surface area contributed by atoms with Gasteiger partial charge >= 0.3 is 5.97 Å². The summed E-state index contributed by atoms with van der Waals surface area (Å²) in [5, 5.41) is 4.15. The highest BCUT2D eigenvalue weighted by Crippen LogP contribution is 2.32. The Hall–Kier alpha value is -1.34. The van der Waals surface area contributed by atoms with Crippen LogP contribution in [-0.2, 0) is 9.53 Å². The summed E-state index contributed by atoms with van der Waals surface area (Å²) in [5.74, 6) is -0.0287. The van der Waals surface area contributed by atoms with E-state index >= 15 is 0 Å². The zero-order valence-corrected chi connectivity index (χ0v) is 16.0. The maximum absolute atomic E-state index is 12.4. The Morgan fingerprint density at radius 3 is 2.52 bits per heavy atom. The number of piperidine rings is 1. The van der Waals surface area contributed by atoms with E-state index < -0.39 is 5.97 Å². The van der Waals surface area contributed by atoms with Crippen molar-refractivity contribution in [2.45, 2.75) is 51.0 Å². The van der Waals surface area contributed by atoms with Gasteiger partial charge in [-0.05, 0) is 25.7 Å². The van der Waals surface area contributed by atoms with Crippen LogP contribution in [0.3, 0.4) is 0 Å². The second kappa shape index (κ2) is 8.36. The SMILES string of the molecule is COC(=O)c1sc(N2CCC(NC(=O)C3CCCCC3)CC2)nc1Cl. The Bertz CT molecular complexity index is 623. The number of carbonyl (C=O) groups excluding carboxylic acids is 2. The van der Waals surface area contributed by atoms with Crippen molar-refractivity contribution in [2.24, 2.45) is 5.92 Å². The van der Waals surface area contributed by atoms with Gasteiger partial charge in [-0.1, -0.05) is 42.2 Å². The van der Waals surface area contributed by atoms with Crippen molar-refractivity contribution in [3.63, 3.8) is 0 Å². The maximum atomic E-state index is 12.4. The summed E-state index contributed by atoms with van der Waals surface area (Å²) >= 11 is 7.29. The van der Waals surface area contributed by atoms with Gasteiger partial charge in [0.15, 0.2) is 15.2 Å². The van der Waals surface area contributed by atoms with Crippen LogP contribution < -0.4 is 10.2 Å². The van der Waals surface area contributed by atoms with Gasteiger partial charge in [0.2, 0.25) is 5.91 Å². The lowest BCUT2D eigenvalue weighted by Crippen LogP contribution is -2.46. The molecule has 1 amide bonds. The van der Waals surface area contributed by atoms with Crippen molar-refractivity contribution < 1.29 is 14.3 Å². The van der Waals surface area contributed by atoms with Gasteiger partial charge in [0.25, 0.3) is 0 Å². The topological polar surface area (TPSA) is 71.5 Å². The van der Waals surface area contributed by atoms with E-state index in [1.807, 2.05) is 0 Å². The monoisotopic (exact) mass is 385 g/mol. The first-order valence-corrected chi connectivity index (χ1v) is 10.1. The number of thiazole rings is 1. The molecule has 1 aromatic heterocycles. The van der Waals surface area contributed by atoms with E-state index in [4.69, 9.17) is 16.3 Å². The van der Waals surface area contributed by atoms with E-state index in [1.165, 1.54) is 37.7 Å². The van der Waals surface area contributed by atoms with E-state index in [1.54, 1.807) is 0 Å². The van der Waals surface area contributed by atoms with Crippen LogP contribution in [0.4, 0.5) is 5.13 Å². The molecule has 1 aliphatic heterocycles. The molecule has 2 heterocycles. The molecule has 1 saturated carbocycles. The highest BCUT2D eigenvalue weighted by Gasteiger charge is 2.28. The number of carbonyl (C=O) groups is 2. The summed E-state index contributed by atoms with van der Waals surface area (Å²) in [5.41, 5.74) is 0. The standard InChI is InChI=1S/C17H24ClN3O3S/c1-24-16(23)13-14(18)20-17(25-13)21-9-7-12(8-10-21)19-15(22)11-5-3-2-4-6-11/h11-12H,2-10H2,1H3,(H,19,22). The van der Waals surface area contributed by atoms with E-state index in [2.05, 4.69) is 15.2 Å². The van der Waals surface area contributed by atoms with Crippen LogP contribution in [0.1, 0.15) is 54.6 Å². The quantitative estimate of drug-likeness (QED) is 0.805. The molecule has 0 atom stereocenters. The minimum atomic E-state index is -0.455. The molecule has 1 aliphatic carbocycles. The fraction of sp³-hybridized carbons (Fsp3) is 0.706. The normalized spacial score (nSPS) is 19.7. The Morgan fingerprint density at radius 1 is 1.20 bits per heavy atom. The summed E-state index contributed by atoms with van der Waals surface area (Å²) < 4.78 is 4.72. The fourth-order valence-electron chi connectivity index (χ4n) is 3.54. The molecule has 8 heteroatoms. The Kier molecular flexibility index (Phi) is 6.17. The summed E-state index contributed by atoms with van der Waals surface area (Å²) in [4.78, 5) is 30.8. The lowest BCUT2D eigenvalue weighted by atomic mass is 9.88. The van der Waals surface area contributed by atoms with E-state index in [0.29, 0.717) is 4.88 Å². The molecule has 6 nitrogen and oxygen atoms in total. The number of esters is 1. The van der Waals surface area contributed by atoms with Crippen molar-refractivity contribution >= 4 is 39.9 Å². The molecule has 1 N–H and O–H groups in total. The van der Waals surface area contributed by atoms with Crippen molar-refractivity contribution in [1.82, 2.24) is 10.3 Å². The molecular weight excluding hydrogens is 362 g/mol. The molecule has 1 aromatic rings. The molecule has 0 spiro atoms. The van der Waals surface area contributed by atoms with Gasteiger partial charge in [-0.25, -0.2) is 9.78 Å². The first kappa shape index (κ1) is 18.5. The fourth-order valence-corrected chi connectivity index (χ4v) is 4.79. The van der Waals surface area contributed by atoms with Crippen molar-refractivity contribution in [3.05, 3.63) is 10.0 Å². The number of rotatable bonds is 4. The summed E-state index contributed by atoms with van der Waals surface area (Å²) in [7, 11) is 1.33. The van der Waals surface area contributed by atoms with Crippen LogP contribution >= 0.6 is 22.9 Å². The number of nitrogens with zero attached hydrogens (tertiary/aromatic N) is 2. The highest BCUT2D eigenvalue weighted by molar-refractivity contribution is 7.18. The molecule has 138 valence electrons. The molecule has 2 fully saturated rings. The van der Waals surface area contributed by atoms with Crippen LogP contribution in [0.2, 0.25) is 5.15 Å². The van der Waals surface area contributed by atoms with Crippen LogP contribution in [0, 0.1) is 5.92 Å². The summed E-state index contributed by atoms with van der Waals surface area (Å²) in [6, 6.07) is 0.223. The second-order valence-corrected chi connectivity index (χ2v) is 8.05. The van der Waals surface area contributed by atoms with Crippen molar-refractivity contribution in [1.29, 1.82) is 0 Å². The molecule has 0 aromatic carbocycles. The number of anilines is 1. The zero-order chi connectivity index (χ0) is 17.8. The molecule has 0 bridgehead atoms. The molecule has 2 aliphatic rings. The predicted molar refractivity (Wildman–Crippen MR) is 98.4 cm³/mol. The number of amides is 1. The number of nitrogens with one attached hydrogen (secondary N) is 1. The zero-order valence-electron chi connectivity index (χ0n) is 14.4. The van der Waals surface area contributed by atoms with E-state index in [0.717, 1.165) is 43.9 Å². The minimum Gasteiger partial charge on any atom is -0.465 e. The maximum Gasteiger partial charge on any atom is 0.351 e. The van der Waals surface area contributed by atoms with Gasteiger partial charge in [0.05, 0.1) is 7.11 Å². The molecule has 1 saturated heterocycles. The Balaban J connectivity index is 1.51. The minimum absolute atomic E-state index is 0.194. The van der Waals surface area contributed by atoms with Gasteiger partial charge in [-0.3, -0.25) is 4.79 Å². The van der Waals surface area contributed by atoms with E-state index in [-0.39, 0.29) is 23.0 Å². The number of halogens is 1. The van der Waals surface area contributed by atoms with Crippen LogP contribution in [0.15, 0.2) is 0 Å². The van der Waals surface area contributed by atoms with Crippen LogP contribution in [-0.4, -0.2) is 43.1 Å². The van der Waals surface area contributed by atoms with Crippen molar-refractivity contribution in [2.75, 3.05) is 25.1 Å². The molecule has 0 radical (unpaired) electrons. The highest BCUT2D eigenvalue weighted by atomic mass is 35.5. The number of aromatic nitrogens is 1. The lowest BCUT2D eigenvalue weighted by Gasteiger charge is -2.33. The Labute approximate surface area is 156 Å². The van der Waals surface area contributed by atoms with Gasteiger partial charge in [-0.2, -0.15) is 0 Å². The molecule has 25 heavy (non-hydrogen) atoms. The molecular formula is C17H24ClN3O3S. The average Bonchev–Trinajstić information content (AvgIpc) is 3.04. The van der Waals surface area contributed by atoms with Crippen LogP contribution in [0.5, 0.6) is 0 Å². The van der Waals surface area contributed by atoms with Gasteiger partial charge in [0.1, 0.15) is 0 Å². The molecule has 0 unspecified atom stereocenters. The number of hydrogen-bond donors (Lipinski definition) is 1. The first-order valence-electron chi connectivity index (χ1n) is 8.88. The number of hydrogen-bond acceptors (Lipinski definition) is 6. The number of ether oxygens (including phenoxy) is 1. The first-order chi connectivity index (χ1) is 12.1. The summed E-state index contributed by atoms with van der Waals surface area (Å²) in [6.45, 7) is 1.58. The second-order valence-electron chi connectivity index (χ2n) is 6.71. The van der Waals surface area contributed by atoms with E-state index in [9.17, 15) is 9.59 Å². The third-order valence-electron chi connectivity index (χ3n) is 5.03.